The first-order chi connectivity index (χ1) is 14.3. The van der Waals surface area contributed by atoms with Crippen molar-refractivity contribution < 1.29 is 18.3 Å². The van der Waals surface area contributed by atoms with Gasteiger partial charge in [-0.3, -0.25) is 9.10 Å². The van der Waals surface area contributed by atoms with Gasteiger partial charge in [-0.25, -0.2) is 8.42 Å². The van der Waals surface area contributed by atoms with Crippen LogP contribution in [-0.2, 0) is 10.0 Å². The van der Waals surface area contributed by atoms with Gasteiger partial charge in [0, 0.05) is 24.6 Å². The van der Waals surface area contributed by atoms with E-state index >= 15 is 0 Å². The number of sulfonamides is 1. The molecular formula is C22H28N2O4S2. The number of benzene rings is 2. The number of hydrogen-bond donors (Lipinski definition) is 1. The van der Waals surface area contributed by atoms with Gasteiger partial charge in [0.05, 0.1) is 22.7 Å². The summed E-state index contributed by atoms with van der Waals surface area (Å²) in [5.74, 6) is -0.175. The standard InChI is InChI=1S/C22H28N2O4S2/c1-23(20-6-4-5-7-21(20)25)22(26)16-8-10-17(11-9-16)24(2)30(27,28)19-14-12-18(29-3)13-15-19/h8-15,20-21,25H,4-7H2,1-3H3/t20-,21-/m1/s1. The Labute approximate surface area is 182 Å². The molecule has 2 atom stereocenters. The van der Waals surface area contributed by atoms with Crippen molar-refractivity contribution >= 4 is 33.4 Å². The second-order valence-corrected chi connectivity index (χ2v) is 10.4. The first-order valence-electron chi connectivity index (χ1n) is 9.94. The zero-order valence-corrected chi connectivity index (χ0v) is 19.1. The Morgan fingerprint density at radius 1 is 1.00 bits per heavy atom. The van der Waals surface area contributed by atoms with Crippen molar-refractivity contribution in [1.82, 2.24) is 4.90 Å². The minimum atomic E-state index is -3.70. The van der Waals surface area contributed by atoms with E-state index in [-0.39, 0.29) is 16.8 Å². The van der Waals surface area contributed by atoms with E-state index in [0.717, 1.165) is 24.2 Å². The van der Waals surface area contributed by atoms with Gasteiger partial charge in [-0.15, -0.1) is 11.8 Å². The lowest BCUT2D eigenvalue weighted by molar-refractivity contribution is 0.0268. The molecular weight excluding hydrogens is 420 g/mol. The van der Waals surface area contributed by atoms with Crippen LogP contribution in [-0.4, -0.2) is 56.8 Å². The number of aliphatic hydroxyl groups is 1. The van der Waals surface area contributed by atoms with Crippen molar-refractivity contribution in [3.05, 3.63) is 54.1 Å². The number of rotatable bonds is 6. The number of thioether (sulfide) groups is 1. The quantitative estimate of drug-likeness (QED) is 0.683. The SMILES string of the molecule is CSc1ccc(S(=O)(=O)N(C)c2ccc(C(=O)N(C)[C@@H]3CCCC[C@H]3O)cc2)cc1. The molecule has 1 fully saturated rings. The Bertz CT molecular complexity index is 975. The van der Waals surface area contributed by atoms with Crippen molar-refractivity contribution in [2.75, 3.05) is 24.7 Å². The van der Waals surface area contributed by atoms with Crippen LogP contribution in [0, 0.1) is 0 Å². The summed E-state index contributed by atoms with van der Waals surface area (Å²) in [5.41, 5.74) is 0.940. The lowest BCUT2D eigenvalue weighted by Crippen LogP contribution is -2.46. The van der Waals surface area contributed by atoms with Gasteiger partial charge in [0.2, 0.25) is 0 Å². The molecule has 1 aliphatic carbocycles. The lowest BCUT2D eigenvalue weighted by atomic mass is 9.91. The predicted molar refractivity (Wildman–Crippen MR) is 121 cm³/mol. The molecule has 0 aromatic heterocycles. The van der Waals surface area contributed by atoms with Gasteiger partial charge in [-0.1, -0.05) is 12.8 Å². The average molecular weight is 449 g/mol. The highest BCUT2D eigenvalue weighted by Gasteiger charge is 2.30. The van der Waals surface area contributed by atoms with Crippen LogP contribution in [0.15, 0.2) is 58.3 Å². The Balaban J connectivity index is 1.76. The zero-order valence-electron chi connectivity index (χ0n) is 17.5. The van der Waals surface area contributed by atoms with Crippen LogP contribution >= 0.6 is 11.8 Å². The number of amides is 1. The van der Waals surface area contributed by atoms with Crippen molar-refractivity contribution in [2.45, 2.75) is 47.6 Å². The molecule has 0 unspecified atom stereocenters. The zero-order chi connectivity index (χ0) is 21.9. The molecule has 0 aliphatic heterocycles. The summed E-state index contributed by atoms with van der Waals surface area (Å²) in [7, 11) is -0.483. The molecule has 1 amide bonds. The number of aliphatic hydroxyl groups excluding tert-OH is 1. The average Bonchev–Trinajstić information content (AvgIpc) is 2.78. The fraction of sp³-hybridized carbons (Fsp3) is 0.409. The molecule has 1 saturated carbocycles. The van der Waals surface area contributed by atoms with Crippen LogP contribution in [0.25, 0.3) is 0 Å². The molecule has 30 heavy (non-hydrogen) atoms. The molecule has 3 rings (SSSR count). The van der Waals surface area contributed by atoms with E-state index in [0.29, 0.717) is 17.7 Å². The maximum absolute atomic E-state index is 12.9. The monoisotopic (exact) mass is 448 g/mol. The topological polar surface area (TPSA) is 77.9 Å². The number of nitrogens with zero attached hydrogens (tertiary/aromatic N) is 2. The van der Waals surface area contributed by atoms with Crippen LogP contribution in [0.5, 0.6) is 0 Å². The van der Waals surface area contributed by atoms with Gasteiger partial charge < -0.3 is 10.0 Å². The van der Waals surface area contributed by atoms with Crippen molar-refractivity contribution in [3.8, 4) is 0 Å². The molecule has 8 heteroatoms. The Hall–Kier alpha value is -2.03. The smallest absolute Gasteiger partial charge is 0.264 e. The molecule has 2 aromatic carbocycles. The van der Waals surface area contributed by atoms with Gasteiger partial charge in [0.1, 0.15) is 0 Å². The lowest BCUT2D eigenvalue weighted by Gasteiger charge is -2.35. The molecule has 0 heterocycles. The van der Waals surface area contributed by atoms with Gasteiger partial charge in [0.25, 0.3) is 15.9 Å². The van der Waals surface area contributed by atoms with Crippen molar-refractivity contribution in [3.63, 3.8) is 0 Å². The van der Waals surface area contributed by atoms with Crippen LogP contribution in [0.2, 0.25) is 0 Å². The maximum Gasteiger partial charge on any atom is 0.264 e. The first kappa shape index (κ1) is 22.7. The van der Waals surface area contributed by atoms with E-state index < -0.39 is 16.1 Å². The maximum atomic E-state index is 12.9. The number of carbonyl (C=O) groups excluding carboxylic acids is 1. The summed E-state index contributed by atoms with van der Waals surface area (Å²) in [6, 6.07) is 13.1. The largest absolute Gasteiger partial charge is 0.391 e. The summed E-state index contributed by atoms with van der Waals surface area (Å²) >= 11 is 1.55. The van der Waals surface area contributed by atoms with E-state index in [1.807, 2.05) is 6.26 Å². The number of carbonyl (C=O) groups is 1. The summed E-state index contributed by atoms with van der Waals surface area (Å²) in [4.78, 5) is 15.6. The molecule has 1 N–H and O–H groups in total. The van der Waals surface area contributed by atoms with Gasteiger partial charge in [-0.05, 0) is 67.6 Å². The molecule has 6 nitrogen and oxygen atoms in total. The highest BCUT2D eigenvalue weighted by Crippen LogP contribution is 2.26. The Morgan fingerprint density at radius 3 is 2.17 bits per heavy atom. The molecule has 162 valence electrons. The number of likely N-dealkylation sites (N-methyl/N-ethyl adjacent to an activating group) is 1. The number of anilines is 1. The molecule has 0 saturated heterocycles. The van der Waals surface area contributed by atoms with Gasteiger partial charge in [0.15, 0.2) is 0 Å². The van der Waals surface area contributed by atoms with Crippen LogP contribution < -0.4 is 4.31 Å². The second kappa shape index (κ2) is 9.41. The summed E-state index contributed by atoms with van der Waals surface area (Å²) in [6.07, 6.45) is 4.92. The minimum Gasteiger partial charge on any atom is -0.391 e. The van der Waals surface area contributed by atoms with Crippen LogP contribution in [0.4, 0.5) is 5.69 Å². The fourth-order valence-electron chi connectivity index (χ4n) is 3.76. The molecule has 2 aromatic rings. The highest BCUT2D eigenvalue weighted by atomic mass is 32.2. The highest BCUT2D eigenvalue weighted by molar-refractivity contribution is 7.98. The Kier molecular flexibility index (Phi) is 7.10. The predicted octanol–water partition coefficient (Wildman–Crippen LogP) is 3.61. The summed E-state index contributed by atoms with van der Waals surface area (Å²) in [5, 5.41) is 10.2. The summed E-state index contributed by atoms with van der Waals surface area (Å²) in [6.45, 7) is 0. The molecule has 1 aliphatic rings. The van der Waals surface area contributed by atoms with E-state index in [9.17, 15) is 18.3 Å². The summed E-state index contributed by atoms with van der Waals surface area (Å²) < 4.78 is 27.0. The Morgan fingerprint density at radius 2 is 1.60 bits per heavy atom. The van der Waals surface area contributed by atoms with E-state index in [1.165, 1.54) is 11.4 Å². The molecule has 0 bridgehead atoms. The van der Waals surface area contributed by atoms with E-state index in [1.54, 1.807) is 72.2 Å². The molecule has 0 radical (unpaired) electrons. The van der Waals surface area contributed by atoms with Crippen molar-refractivity contribution in [2.24, 2.45) is 0 Å². The van der Waals surface area contributed by atoms with Crippen LogP contribution in [0.3, 0.4) is 0 Å². The third-order valence-corrected chi connectivity index (χ3v) is 8.25. The third kappa shape index (κ3) is 4.66. The number of hydrogen-bond acceptors (Lipinski definition) is 5. The second-order valence-electron chi connectivity index (χ2n) is 7.53. The fourth-order valence-corrected chi connectivity index (χ4v) is 5.36. The molecule has 0 spiro atoms. The van der Waals surface area contributed by atoms with E-state index in [4.69, 9.17) is 0 Å². The van der Waals surface area contributed by atoms with Crippen LogP contribution in [0.1, 0.15) is 36.0 Å². The normalized spacial score (nSPS) is 19.3. The van der Waals surface area contributed by atoms with Gasteiger partial charge >= 0.3 is 0 Å². The minimum absolute atomic E-state index is 0.175. The van der Waals surface area contributed by atoms with Gasteiger partial charge in [-0.2, -0.15) is 0 Å². The first-order valence-corrected chi connectivity index (χ1v) is 12.6. The van der Waals surface area contributed by atoms with E-state index in [2.05, 4.69) is 0 Å². The third-order valence-electron chi connectivity index (χ3n) is 5.71. The van der Waals surface area contributed by atoms with Crippen molar-refractivity contribution in [1.29, 1.82) is 0 Å².